The number of carbonyl (C=O) groups is 2. The molecule has 172 valence electrons. The lowest BCUT2D eigenvalue weighted by Gasteiger charge is -2.36. The van der Waals surface area contributed by atoms with Gasteiger partial charge in [-0.05, 0) is 25.1 Å². The van der Waals surface area contributed by atoms with E-state index in [4.69, 9.17) is 11.6 Å². The van der Waals surface area contributed by atoms with Crippen molar-refractivity contribution in [3.05, 3.63) is 52.4 Å². The van der Waals surface area contributed by atoms with Crippen molar-refractivity contribution in [3.63, 3.8) is 0 Å². The maximum absolute atomic E-state index is 13.1. The van der Waals surface area contributed by atoms with Crippen LogP contribution in [0.2, 0.25) is 5.02 Å². The summed E-state index contributed by atoms with van der Waals surface area (Å²) in [4.78, 5) is 42.9. The van der Waals surface area contributed by atoms with Gasteiger partial charge in [0.1, 0.15) is 23.4 Å². The zero-order valence-corrected chi connectivity index (χ0v) is 19.1. The van der Waals surface area contributed by atoms with Gasteiger partial charge in [-0.2, -0.15) is 0 Å². The van der Waals surface area contributed by atoms with Gasteiger partial charge in [-0.1, -0.05) is 11.6 Å². The number of carbonyl (C=O) groups excluding carboxylic acids is 2. The van der Waals surface area contributed by atoms with Gasteiger partial charge in [0.05, 0.1) is 30.6 Å². The molecule has 2 aromatic heterocycles. The first-order valence-electron chi connectivity index (χ1n) is 10.3. The Labute approximate surface area is 194 Å². The van der Waals surface area contributed by atoms with Crippen LogP contribution in [0, 0.1) is 0 Å². The number of fused-ring (bicyclic) bond motifs is 1. The summed E-state index contributed by atoms with van der Waals surface area (Å²) in [6.07, 6.45) is 2.06. The molecule has 0 bridgehead atoms. The maximum atomic E-state index is 13.1. The first kappa shape index (κ1) is 22.7. The minimum atomic E-state index is -1.00. The summed E-state index contributed by atoms with van der Waals surface area (Å²) in [6, 6.07) is 4.57. The van der Waals surface area contributed by atoms with Crippen molar-refractivity contribution in [1.82, 2.24) is 25.2 Å². The number of H-pyrrole nitrogens is 1. The number of aliphatic imine (C=N–C) groups is 1. The Hall–Kier alpha value is -3.53. The van der Waals surface area contributed by atoms with Crippen LogP contribution < -0.4 is 10.6 Å². The van der Waals surface area contributed by atoms with E-state index in [1.807, 2.05) is 6.07 Å². The number of benzene rings is 1. The highest BCUT2D eigenvalue weighted by Gasteiger charge is 2.33. The van der Waals surface area contributed by atoms with Gasteiger partial charge in [-0.3, -0.25) is 14.6 Å². The summed E-state index contributed by atoms with van der Waals surface area (Å²) in [5.74, 6) is -0.810. The van der Waals surface area contributed by atoms with Crippen LogP contribution in [-0.4, -0.2) is 76.8 Å². The predicted molar refractivity (Wildman–Crippen MR) is 125 cm³/mol. The zero-order chi connectivity index (χ0) is 23.7. The quantitative estimate of drug-likeness (QED) is 0.477. The Bertz CT molecular complexity index is 1250. The minimum absolute atomic E-state index is 0.0550. The lowest BCUT2D eigenvalue weighted by atomic mass is 10.0. The zero-order valence-electron chi connectivity index (χ0n) is 18.3. The normalized spacial score (nSPS) is 15.3. The van der Waals surface area contributed by atoms with E-state index < -0.39 is 18.1 Å². The first-order valence-corrected chi connectivity index (χ1v) is 10.7. The van der Waals surface area contributed by atoms with Crippen LogP contribution in [0.25, 0.3) is 11.2 Å². The number of aromatic amines is 1. The highest BCUT2D eigenvalue weighted by atomic mass is 35.5. The molecular weight excluding hydrogens is 449 g/mol. The Balaban J connectivity index is 1.62. The van der Waals surface area contributed by atoms with E-state index in [1.165, 1.54) is 11.1 Å². The smallest absolute Gasteiger partial charge is 0.255 e. The van der Waals surface area contributed by atoms with Crippen molar-refractivity contribution in [3.8, 4) is 0 Å². The second-order valence-electron chi connectivity index (χ2n) is 7.70. The molecular formula is C22H23ClFN7O2. The molecule has 1 aliphatic rings. The highest BCUT2D eigenvalue weighted by Crippen LogP contribution is 2.24. The maximum Gasteiger partial charge on any atom is 0.255 e. The van der Waals surface area contributed by atoms with Crippen molar-refractivity contribution >= 4 is 46.0 Å². The number of anilines is 1. The van der Waals surface area contributed by atoms with Crippen LogP contribution in [-0.2, 0) is 4.79 Å². The summed E-state index contributed by atoms with van der Waals surface area (Å²) in [7, 11) is 3.42. The standard InChI is InChI=1S/C22H23ClFN7O2/c1-11(22(33)31-9-13(24)10-31)29-21(32)15-7-27-20-19(15)30-17(8-28-20)18(26-3)14-5-4-12(23)6-16(14)25-2/h4-8,11,13,25H,9-10H2,1-3H3,(H,27,28)(H,29,32)/b26-18+/t11-/m1/s1. The van der Waals surface area contributed by atoms with Gasteiger partial charge < -0.3 is 20.5 Å². The monoisotopic (exact) mass is 471 g/mol. The summed E-state index contributed by atoms with van der Waals surface area (Å²) < 4.78 is 13.1. The van der Waals surface area contributed by atoms with E-state index in [1.54, 1.807) is 39.3 Å². The molecule has 33 heavy (non-hydrogen) atoms. The van der Waals surface area contributed by atoms with Crippen molar-refractivity contribution in [1.29, 1.82) is 0 Å². The van der Waals surface area contributed by atoms with Crippen molar-refractivity contribution in [2.24, 2.45) is 4.99 Å². The molecule has 1 aromatic carbocycles. The average molecular weight is 472 g/mol. The van der Waals surface area contributed by atoms with E-state index in [0.29, 0.717) is 27.6 Å². The van der Waals surface area contributed by atoms with Crippen LogP contribution in [0.15, 0.2) is 35.6 Å². The Morgan fingerprint density at radius 2 is 2.09 bits per heavy atom. The summed E-state index contributed by atoms with van der Waals surface area (Å²) in [5.41, 5.74) is 3.60. The van der Waals surface area contributed by atoms with Gasteiger partial charge in [0.25, 0.3) is 5.91 Å². The Morgan fingerprint density at radius 3 is 2.76 bits per heavy atom. The Morgan fingerprint density at radius 1 is 1.33 bits per heavy atom. The molecule has 1 aliphatic heterocycles. The third-order valence-electron chi connectivity index (χ3n) is 5.46. The Kier molecular flexibility index (Phi) is 6.28. The van der Waals surface area contributed by atoms with Gasteiger partial charge in [0, 0.05) is 36.6 Å². The topological polar surface area (TPSA) is 115 Å². The molecule has 0 radical (unpaired) electrons. The van der Waals surface area contributed by atoms with Crippen LogP contribution in [0.4, 0.5) is 10.1 Å². The molecule has 2 amide bonds. The number of likely N-dealkylation sites (tertiary alicyclic amines) is 1. The van der Waals surface area contributed by atoms with E-state index in [9.17, 15) is 14.0 Å². The predicted octanol–water partition coefficient (Wildman–Crippen LogP) is 2.42. The van der Waals surface area contributed by atoms with Crippen molar-refractivity contribution in [2.75, 3.05) is 32.5 Å². The van der Waals surface area contributed by atoms with Gasteiger partial charge >= 0.3 is 0 Å². The third kappa shape index (κ3) is 4.38. The SMILES string of the molecule is C/N=C(/c1cnc2[nH]cc(C(=O)N[C@H](C)C(=O)N3CC(F)C3)c2n1)c1ccc(Cl)cc1NC. The van der Waals surface area contributed by atoms with E-state index in [0.717, 1.165) is 11.3 Å². The lowest BCUT2D eigenvalue weighted by Crippen LogP contribution is -2.57. The number of aromatic nitrogens is 3. The number of amides is 2. The molecule has 9 nitrogen and oxygen atoms in total. The van der Waals surface area contributed by atoms with E-state index in [-0.39, 0.29) is 24.6 Å². The summed E-state index contributed by atoms with van der Waals surface area (Å²) >= 11 is 6.11. The molecule has 0 unspecified atom stereocenters. The second kappa shape index (κ2) is 9.14. The fraction of sp³-hybridized carbons (Fsp3) is 0.318. The summed E-state index contributed by atoms with van der Waals surface area (Å²) in [5, 5.41) is 6.33. The fourth-order valence-electron chi connectivity index (χ4n) is 3.70. The number of alkyl halides is 1. The second-order valence-corrected chi connectivity index (χ2v) is 8.14. The molecule has 1 atom stereocenters. The van der Waals surface area contributed by atoms with Crippen LogP contribution in [0.3, 0.4) is 0 Å². The number of nitrogens with zero attached hydrogens (tertiary/aromatic N) is 4. The number of nitrogens with one attached hydrogen (secondary N) is 3. The number of halogens is 2. The van der Waals surface area contributed by atoms with Crippen molar-refractivity contribution in [2.45, 2.75) is 19.1 Å². The molecule has 0 aliphatic carbocycles. The minimum Gasteiger partial charge on any atom is -0.388 e. The van der Waals surface area contributed by atoms with Crippen LogP contribution in [0.5, 0.6) is 0 Å². The molecule has 3 heterocycles. The lowest BCUT2D eigenvalue weighted by molar-refractivity contribution is -0.139. The average Bonchev–Trinajstić information content (AvgIpc) is 3.21. The van der Waals surface area contributed by atoms with Crippen molar-refractivity contribution < 1.29 is 14.0 Å². The highest BCUT2D eigenvalue weighted by molar-refractivity contribution is 6.31. The van der Waals surface area contributed by atoms with Crippen LogP contribution in [0.1, 0.15) is 28.5 Å². The fourth-order valence-corrected chi connectivity index (χ4v) is 3.87. The number of hydrogen-bond acceptors (Lipinski definition) is 6. The van der Waals surface area contributed by atoms with Gasteiger partial charge in [-0.15, -0.1) is 0 Å². The van der Waals surface area contributed by atoms with Gasteiger partial charge in [0.2, 0.25) is 5.91 Å². The molecule has 1 fully saturated rings. The first-order chi connectivity index (χ1) is 15.8. The molecule has 1 saturated heterocycles. The van der Waals surface area contributed by atoms with Gasteiger partial charge in [0.15, 0.2) is 5.65 Å². The molecule has 0 spiro atoms. The summed E-state index contributed by atoms with van der Waals surface area (Å²) in [6.45, 7) is 1.68. The van der Waals surface area contributed by atoms with E-state index in [2.05, 4.69) is 30.6 Å². The largest absolute Gasteiger partial charge is 0.388 e. The third-order valence-corrected chi connectivity index (χ3v) is 5.70. The number of rotatable bonds is 6. The van der Waals surface area contributed by atoms with Gasteiger partial charge in [-0.25, -0.2) is 14.4 Å². The molecule has 4 rings (SSSR count). The molecule has 3 N–H and O–H groups in total. The van der Waals surface area contributed by atoms with E-state index >= 15 is 0 Å². The molecule has 0 saturated carbocycles. The number of hydrogen-bond donors (Lipinski definition) is 3. The molecule has 3 aromatic rings. The van der Waals surface area contributed by atoms with Crippen LogP contribution >= 0.6 is 11.6 Å². The molecule has 11 heteroatoms.